The van der Waals surface area contributed by atoms with Crippen molar-refractivity contribution in [1.29, 1.82) is 0 Å². The SMILES string of the molecule is CCCCc1cc(CCl)sn1. The predicted molar refractivity (Wildman–Crippen MR) is 50.3 cm³/mol. The van der Waals surface area contributed by atoms with Crippen LogP contribution in [0.4, 0.5) is 0 Å². The first kappa shape index (κ1) is 9.01. The van der Waals surface area contributed by atoms with Gasteiger partial charge in [-0.15, -0.1) is 11.6 Å². The maximum Gasteiger partial charge on any atom is 0.0584 e. The number of nitrogens with zero attached hydrogens (tertiary/aromatic N) is 1. The monoisotopic (exact) mass is 189 g/mol. The molecule has 0 bridgehead atoms. The third-order valence-corrected chi connectivity index (χ3v) is 2.79. The van der Waals surface area contributed by atoms with Gasteiger partial charge in [-0.25, -0.2) is 0 Å². The van der Waals surface area contributed by atoms with E-state index in [0.717, 1.165) is 6.42 Å². The number of halogens is 1. The van der Waals surface area contributed by atoms with Gasteiger partial charge in [0.05, 0.1) is 11.6 Å². The maximum absolute atomic E-state index is 5.64. The molecule has 1 nitrogen and oxygen atoms in total. The van der Waals surface area contributed by atoms with Crippen molar-refractivity contribution in [2.75, 3.05) is 0 Å². The molecular weight excluding hydrogens is 178 g/mol. The van der Waals surface area contributed by atoms with Crippen LogP contribution in [-0.4, -0.2) is 4.37 Å². The first-order chi connectivity index (χ1) is 5.36. The molecule has 0 aliphatic rings. The van der Waals surface area contributed by atoms with Gasteiger partial charge in [0.1, 0.15) is 0 Å². The lowest BCUT2D eigenvalue weighted by molar-refractivity contribution is 0.784. The zero-order chi connectivity index (χ0) is 8.10. The van der Waals surface area contributed by atoms with Crippen LogP contribution in [0.15, 0.2) is 6.07 Å². The quantitative estimate of drug-likeness (QED) is 0.663. The number of hydrogen-bond donors (Lipinski definition) is 0. The van der Waals surface area contributed by atoms with Crippen molar-refractivity contribution in [2.45, 2.75) is 32.1 Å². The molecule has 1 rings (SSSR count). The Labute approximate surface area is 76.6 Å². The second kappa shape index (κ2) is 4.73. The Morgan fingerprint density at radius 2 is 2.45 bits per heavy atom. The molecule has 0 aliphatic heterocycles. The highest BCUT2D eigenvalue weighted by atomic mass is 35.5. The standard InChI is InChI=1S/C8H12ClNS/c1-2-3-4-7-5-8(6-9)11-10-7/h5H,2-4,6H2,1H3. The van der Waals surface area contributed by atoms with E-state index in [1.54, 1.807) is 0 Å². The molecule has 0 aliphatic carbocycles. The van der Waals surface area contributed by atoms with Gasteiger partial charge in [0.15, 0.2) is 0 Å². The number of unbranched alkanes of at least 4 members (excludes halogenated alkanes) is 1. The molecule has 3 heteroatoms. The summed E-state index contributed by atoms with van der Waals surface area (Å²) in [6, 6.07) is 2.10. The van der Waals surface area contributed by atoms with E-state index in [2.05, 4.69) is 17.4 Å². The van der Waals surface area contributed by atoms with E-state index >= 15 is 0 Å². The summed E-state index contributed by atoms with van der Waals surface area (Å²) in [6.45, 7) is 2.19. The molecule has 0 saturated heterocycles. The van der Waals surface area contributed by atoms with Crippen LogP contribution in [0.1, 0.15) is 30.3 Å². The van der Waals surface area contributed by atoms with E-state index in [0.29, 0.717) is 5.88 Å². The fourth-order valence-corrected chi connectivity index (χ4v) is 1.73. The summed E-state index contributed by atoms with van der Waals surface area (Å²) in [6.07, 6.45) is 3.56. The normalized spacial score (nSPS) is 10.4. The molecule has 1 aromatic rings. The summed E-state index contributed by atoms with van der Waals surface area (Å²) in [5.74, 6) is 0.601. The van der Waals surface area contributed by atoms with E-state index < -0.39 is 0 Å². The molecule has 0 unspecified atom stereocenters. The van der Waals surface area contributed by atoms with Gasteiger partial charge in [0.2, 0.25) is 0 Å². The van der Waals surface area contributed by atoms with Crippen molar-refractivity contribution in [3.8, 4) is 0 Å². The van der Waals surface area contributed by atoms with E-state index in [-0.39, 0.29) is 0 Å². The van der Waals surface area contributed by atoms with Crippen molar-refractivity contribution >= 4 is 23.1 Å². The number of hydrogen-bond acceptors (Lipinski definition) is 2. The Kier molecular flexibility index (Phi) is 3.87. The molecule has 62 valence electrons. The minimum Gasteiger partial charge on any atom is -0.197 e. The Bertz CT molecular complexity index is 210. The topological polar surface area (TPSA) is 12.9 Å². The van der Waals surface area contributed by atoms with Crippen molar-refractivity contribution in [2.24, 2.45) is 0 Å². The van der Waals surface area contributed by atoms with Crippen LogP contribution in [0.3, 0.4) is 0 Å². The first-order valence-corrected chi connectivity index (χ1v) is 5.18. The fraction of sp³-hybridized carbons (Fsp3) is 0.625. The van der Waals surface area contributed by atoms with Crippen molar-refractivity contribution in [1.82, 2.24) is 4.37 Å². The lowest BCUT2D eigenvalue weighted by atomic mass is 10.2. The van der Waals surface area contributed by atoms with Gasteiger partial charge in [-0.1, -0.05) is 13.3 Å². The van der Waals surface area contributed by atoms with Crippen LogP contribution in [0.25, 0.3) is 0 Å². The molecule has 0 amide bonds. The molecular formula is C8H12ClNS. The van der Waals surface area contributed by atoms with Gasteiger partial charge in [-0.05, 0) is 30.4 Å². The van der Waals surface area contributed by atoms with Gasteiger partial charge in [0, 0.05) is 4.88 Å². The molecule has 0 aromatic carbocycles. The highest BCUT2D eigenvalue weighted by molar-refractivity contribution is 7.06. The zero-order valence-electron chi connectivity index (χ0n) is 6.64. The highest BCUT2D eigenvalue weighted by Gasteiger charge is 1.98. The Morgan fingerprint density at radius 3 is 3.00 bits per heavy atom. The van der Waals surface area contributed by atoms with Crippen molar-refractivity contribution in [3.63, 3.8) is 0 Å². The van der Waals surface area contributed by atoms with Crippen LogP contribution in [-0.2, 0) is 12.3 Å². The minimum atomic E-state index is 0.601. The predicted octanol–water partition coefficient (Wildman–Crippen LogP) is 3.22. The van der Waals surface area contributed by atoms with Crippen LogP contribution in [0.5, 0.6) is 0 Å². The second-order valence-corrected chi connectivity index (χ2v) is 3.68. The Balaban J connectivity index is 2.44. The molecule has 0 N–H and O–H groups in total. The Morgan fingerprint density at radius 1 is 1.64 bits per heavy atom. The van der Waals surface area contributed by atoms with E-state index in [1.165, 1.54) is 34.9 Å². The molecule has 0 spiro atoms. The maximum atomic E-state index is 5.64. The van der Waals surface area contributed by atoms with E-state index in [9.17, 15) is 0 Å². The second-order valence-electron chi connectivity index (χ2n) is 2.52. The molecule has 0 atom stereocenters. The molecule has 1 heterocycles. The molecule has 1 aromatic heterocycles. The first-order valence-electron chi connectivity index (χ1n) is 3.87. The summed E-state index contributed by atoms with van der Waals surface area (Å²) in [5, 5.41) is 0. The third-order valence-electron chi connectivity index (χ3n) is 1.53. The van der Waals surface area contributed by atoms with E-state index in [1.807, 2.05) is 0 Å². The smallest absolute Gasteiger partial charge is 0.0584 e. The number of aromatic nitrogens is 1. The molecule has 0 saturated carbocycles. The van der Waals surface area contributed by atoms with Crippen molar-refractivity contribution < 1.29 is 0 Å². The summed E-state index contributed by atoms with van der Waals surface area (Å²) in [5.41, 5.74) is 1.20. The largest absolute Gasteiger partial charge is 0.197 e. The van der Waals surface area contributed by atoms with Crippen LogP contribution in [0, 0.1) is 0 Å². The van der Waals surface area contributed by atoms with Crippen LogP contribution >= 0.6 is 23.1 Å². The van der Waals surface area contributed by atoms with Gasteiger partial charge >= 0.3 is 0 Å². The van der Waals surface area contributed by atoms with Crippen molar-refractivity contribution in [3.05, 3.63) is 16.6 Å². The van der Waals surface area contributed by atoms with Gasteiger partial charge in [-0.2, -0.15) is 4.37 Å². The Hall–Kier alpha value is -0.0800. The fourth-order valence-electron chi connectivity index (χ4n) is 0.894. The summed E-state index contributed by atoms with van der Waals surface area (Å²) in [7, 11) is 0. The van der Waals surface area contributed by atoms with Gasteiger partial charge in [-0.3, -0.25) is 0 Å². The van der Waals surface area contributed by atoms with Gasteiger partial charge in [0.25, 0.3) is 0 Å². The van der Waals surface area contributed by atoms with Crippen LogP contribution < -0.4 is 0 Å². The summed E-state index contributed by atoms with van der Waals surface area (Å²) < 4.78 is 4.28. The highest BCUT2D eigenvalue weighted by Crippen LogP contribution is 2.13. The average Bonchev–Trinajstić information content (AvgIpc) is 2.48. The lowest BCUT2D eigenvalue weighted by Crippen LogP contribution is -1.81. The molecule has 11 heavy (non-hydrogen) atoms. The molecule has 0 radical (unpaired) electrons. The minimum absolute atomic E-state index is 0.601. The van der Waals surface area contributed by atoms with E-state index in [4.69, 9.17) is 11.6 Å². The van der Waals surface area contributed by atoms with Gasteiger partial charge < -0.3 is 0 Å². The number of aryl methyl sites for hydroxylation is 1. The number of rotatable bonds is 4. The summed E-state index contributed by atoms with van der Waals surface area (Å²) >= 11 is 7.16. The third kappa shape index (κ3) is 2.80. The molecule has 0 fully saturated rings. The van der Waals surface area contributed by atoms with Crippen LogP contribution in [0.2, 0.25) is 0 Å². The average molecular weight is 190 g/mol. The summed E-state index contributed by atoms with van der Waals surface area (Å²) in [4.78, 5) is 1.18. The number of alkyl halides is 1. The lowest BCUT2D eigenvalue weighted by Gasteiger charge is -1.89. The zero-order valence-corrected chi connectivity index (χ0v) is 8.21.